The molecule has 0 radical (unpaired) electrons. The summed E-state index contributed by atoms with van der Waals surface area (Å²) in [4.78, 5) is 0. The molecule has 1 rings (SSSR count). The Balaban J connectivity index is 2.21. The molecule has 0 aliphatic heterocycles. The highest BCUT2D eigenvalue weighted by molar-refractivity contribution is 5.07. The number of rotatable bonds is 8. The summed E-state index contributed by atoms with van der Waals surface area (Å²) in [5, 5.41) is 7.93. The van der Waals surface area contributed by atoms with Gasteiger partial charge in [0.2, 0.25) is 0 Å². The van der Waals surface area contributed by atoms with Crippen LogP contribution >= 0.6 is 0 Å². The molecule has 0 spiro atoms. The Morgan fingerprint density at radius 1 is 1.47 bits per heavy atom. The van der Waals surface area contributed by atoms with Crippen molar-refractivity contribution in [1.29, 1.82) is 0 Å². The molecular formula is C13H25N3O. The molecule has 1 atom stereocenters. The van der Waals surface area contributed by atoms with E-state index < -0.39 is 0 Å². The largest absolute Gasteiger partial charge is 0.382 e. The van der Waals surface area contributed by atoms with Crippen LogP contribution in [0.3, 0.4) is 0 Å². The maximum atomic E-state index is 5.29. The molecule has 0 aromatic carbocycles. The first-order valence-corrected chi connectivity index (χ1v) is 6.46. The molecule has 0 fully saturated rings. The van der Waals surface area contributed by atoms with Crippen LogP contribution in [0.25, 0.3) is 0 Å². The van der Waals surface area contributed by atoms with Crippen LogP contribution in [-0.2, 0) is 4.74 Å². The van der Waals surface area contributed by atoms with E-state index in [1.165, 1.54) is 5.69 Å². The van der Waals surface area contributed by atoms with Gasteiger partial charge in [-0.25, -0.2) is 0 Å². The van der Waals surface area contributed by atoms with Crippen LogP contribution in [0.5, 0.6) is 0 Å². The highest BCUT2D eigenvalue weighted by Crippen LogP contribution is 2.09. The molecule has 1 aromatic heterocycles. The summed E-state index contributed by atoms with van der Waals surface area (Å²) >= 11 is 0. The lowest BCUT2D eigenvalue weighted by Crippen LogP contribution is -2.26. The van der Waals surface area contributed by atoms with E-state index in [0.29, 0.717) is 6.04 Å². The molecule has 4 heteroatoms. The van der Waals surface area contributed by atoms with E-state index in [-0.39, 0.29) is 0 Å². The van der Waals surface area contributed by atoms with Crippen LogP contribution in [0, 0.1) is 13.8 Å². The van der Waals surface area contributed by atoms with E-state index in [2.05, 4.69) is 35.0 Å². The Bertz CT molecular complexity index is 322. The fourth-order valence-electron chi connectivity index (χ4n) is 1.93. The van der Waals surface area contributed by atoms with Gasteiger partial charge in [-0.2, -0.15) is 5.10 Å². The molecule has 1 unspecified atom stereocenters. The summed E-state index contributed by atoms with van der Waals surface area (Å²) in [7, 11) is 0. The standard InChI is InChI=1S/C13H25N3O/c1-5-17-8-6-7-14-10-13(4)16-12(3)9-11(2)15-16/h9,13-14H,5-8,10H2,1-4H3. The Hall–Kier alpha value is -0.870. The lowest BCUT2D eigenvalue weighted by molar-refractivity contribution is 0.144. The zero-order valence-electron chi connectivity index (χ0n) is 11.5. The number of aromatic nitrogens is 2. The van der Waals surface area contributed by atoms with Crippen molar-refractivity contribution >= 4 is 0 Å². The number of aryl methyl sites for hydroxylation is 2. The molecule has 1 aromatic rings. The van der Waals surface area contributed by atoms with E-state index in [9.17, 15) is 0 Å². The van der Waals surface area contributed by atoms with Crippen LogP contribution in [0.2, 0.25) is 0 Å². The van der Waals surface area contributed by atoms with E-state index in [1.807, 2.05) is 13.8 Å². The van der Waals surface area contributed by atoms with Crippen molar-refractivity contribution < 1.29 is 4.74 Å². The lowest BCUT2D eigenvalue weighted by atomic mass is 10.3. The summed E-state index contributed by atoms with van der Waals surface area (Å²) in [6, 6.07) is 2.52. The van der Waals surface area contributed by atoms with Gasteiger partial charge in [0.05, 0.1) is 11.7 Å². The van der Waals surface area contributed by atoms with E-state index in [4.69, 9.17) is 4.74 Å². The fourth-order valence-corrected chi connectivity index (χ4v) is 1.93. The minimum absolute atomic E-state index is 0.399. The summed E-state index contributed by atoms with van der Waals surface area (Å²) in [5.41, 5.74) is 2.32. The van der Waals surface area contributed by atoms with Crippen LogP contribution in [0.4, 0.5) is 0 Å². The first-order chi connectivity index (χ1) is 8.15. The highest BCUT2D eigenvalue weighted by Gasteiger charge is 2.08. The molecule has 0 bridgehead atoms. The maximum Gasteiger partial charge on any atom is 0.0618 e. The predicted molar refractivity (Wildman–Crippen MR) is 70.4 cm³/mol. The topological polar surface area (TPSA) is 39.1 Å². The van der Waals surface area contributed by atoms with Crippen molar-refractivity contribution in [1.82, 2.24) is 15.1 Å². The Morgan fingerprint density at radius 2 is 2.24 bits per heavy atom. The molecule has 0 aliphatic rings. The fraction of sp³-hybridized carbons (Fsp3) is 0.769. The second-order valence-corrected chi connectivity index (χ2v) is 4.48. The van der Waals surface area contributed by atoms with Gasteiger partial charge in [0.25, 0.3) is 0 Å². The summed E-state index contributed by atoms with van der Waals surface area (Å²) in [6.45, 7) is 12.0. The van der Waals surface area contributed by atoms with Gasteiger partial charge < -0.3 is 10.1 Å². The zero-order valence-corrected chi connectivity index (χ0v) is 11.5. The molecule has 17 heavy (non-hydrogen) atoms. The van der Waals surface area contributed by atoms with Crippen molar-refractivity contribution in [3.63, 3.8) is 0 Å². The van der Waals surface area contributed by atoms with Gasteiger partial charge in [0.1, 0.15) is 0 Å². The molecule has 4 nitrogen and oxygen atoms in total. The SMILES string of the molecule is CCOCCCNCC(C)n1nc(C)cc1C. The van der Waals surface area contributed by atoms with Crippen molar-refractivity contribution in [2.45, 2.75) is 40.2 Å². The zero-order chi connectivity index (χ0) is 12.7. The van der Waals surface area contributed by atoms with Gasteiger partial charge in [-0.15, -0.1) is 0 Å². The van der Waals surface area contributed by atoms with Gasteiger partial charge in [-0.1, -0.05) is 0 Å². The number of hydrogen-bond acceptors (Lipinski definition) is 3. The van der Waals surface area contributed by atoms with Crippen LogP contribution in [-0.4, -0.2) is 36.1 Å². The average molecular weight is 239 g/mol. The van der Waals surface area contributed by atoms with Crippen LogP contribution < -0.4 is 5.32 Å². The molecular weight excluding hydrogens is 214 g/mol. The van der Waals surface area contributed by atoms with Gasteiger partial charge in [-0.3, -0.25) is 4.68 Å². The van der Waals surface area contributed by atoms with E-state index >= 15 is 0 Å². The number of nitrogens with zero attached hydrogens (tertiary/aromatic N) is 2. The summed E-state index contributed by atoms with van der Waals surface area (Å²) in [5.74, 6) is 0. The number of nitrogens with one attached hydrogen (secondary N) is 1. The van der Waals surface area contributed by atoms with Crippen LogP contribution in [0.1, 0.15) is 37.7 Å². The average Bonchev–Trinajstić information content (AvgIpc) is 2.62. The highest BCUT2D eigenvalue weighted by atomic mass is 16.5. The minimum atomic E-state index is 0.399. The molecule has 0 saturated carbocycles. The molecule has 1 heterocycles. The van der Waals surface area contributed by atoms with Gasteiger partial charge in [0, 0.05) is 25.5 Å². The second kappa shape index (κ2) is 7.45. The smallest absolute Gasteiger partial charge is 0.0618 e. The quantitative estimate of drug-likeness (QED) is 0.706. The normalized spacial score (nSPS) is 12.9. The minimum Gasteiger partial charge on any atom is -0.382 e. The van der Waals surface area contributed by atoms with Crippen molar-refractivity contribution in [2.75, 3.05) is 26.3 Å². The van der Waals surface area contributed by atoms with Crippen molar-refractivity contribution in [2.24, 2.45) is 0 Å². The molecule has 0 aliphatic carbocycles. The summed E-state index contributed by atoms with van der Waals surface area (Å²) in [6.07, 6.45) is 1.07. The molecule has 98 valence electrons. The third kappa shape index (κ3) is 4.88. The van der Waals surface area contributed by atoms with Crippen LogP contribution in [0.15, 0.2) is 6.07 Å². The number of hydrogen-bond donors (Lipinski definition) is 1. The Labute approximate surface area is 104 Å². The molecule has 1 N–H and O–H groups in total. The van der Waals surface area contributed by atoms with E-state index in [1.54, 1.807) is 0 Å². The van der Waals surface area contributed by atoms with Gasteiger partial charge in [0.15, 0.2) is 0 Å². The van der Waals surface area contributed by atoms with Crippen molar-refractivity contribution in [3.05, 3.63) is 17.5 Å². The Morgan fingerprint density at radius 3 is 2.82 bits per heavy atom. The third-order valence-corrected chi connectivity index (χ3v) is 2.75. The van der Waals surface area contributed by atoms with Gasteiger partial charge in [-0.05, 0) is 46.7 Å². The molecule has 0 amide bonds. The van der Waals surface area contributed by atoms with Gasteiger partial charge >= 0.3 is 0 Å². The first kappa shape index (κ1) is 14.2. The summed E-state index contributed by atoms with van der Waals surface area (Å²) < 4.78 is 7.38. The third-order valence-electron chi connectivity index (χ3n) is 2.75. The second-order valence-electron chi connectivity index (χ2n) is 4.48. The Kier molecular flexibility index (Phi) is 6.22. The number of ether oxygens (including phenoxy) is 1. The predicted octanol–water partition coefficient (Wildman–Crippen LogP) is 2.08. The molecule has 0 saturated heterocycles. The first-order valence-electron chi connectivity index (χ1n) is 6.46. The lowest BCUT2D eigenvalue weighted by Gasteiger charge is -2.15. The van der Waals surface area contributed by atoms with E-state index in [0.717, 1.165) is 38.4 Å². The van der Waals surface area contributed by atoms with Crippen molar-refractivity contribution in [3.8, 4) is 0 Å². The maximum absolute atomic E-state index is 5.29. The monoisotopic (exact) mass is 239 g/mol.